The van der Waals surface area contributed by atoms with Crippen LogP contribution in [0.1, 0.15) is 6.92 Å². The summed E-state index contributed by atoms with van der Waals surface area (Å²) in [4.78, 5) is 8.29. The highest BCUT2D eigenvalue weighted by molar-refractivity contribution is 5.90. The van der Waals surface area contributed by atoms with Crippen LogP contribution in [-0.2, 0) is 0 Å². The van der Waals surface area contributed by atoms with Gasteiger partial charge in [-0.05, 0) is 19.1 Å². The van der Waals surface area contributed by atoms with Crippen LogP contribution in [0.3, 0.4) is 0 Å². The van der Waals surface area contributed by atoms with E-state index in [4.69, 9.17) is 0 Å². The summed E-state index contributed by atoms with van der Waals surface area (Å²) in [5.41, 5.74) is 0.595. The second-order valence-electron chi connectivity index (χ2n) is 3.91. The van der Waals surface area contributed by atoms with Crippen molar-refractivity contribution in [1.29, 1.82) is 0 Å². The van der Waals surface area contributed by atoms with Crippen molar-refractivity contribution < 1.29 is 13.2 Å². The number of benzene rings is 1. The molecule has 1 heterocycles. The Hall–Kier alpha value is -2.05. The molecule has 0 saturated heterocycles. The van der Waals surface area contributed by atoms with Crippen molar-refractivity contribution in [1.82, 2.24) is 9.97 Å². The average Bonchev–Trinajstić information content (AvgIpc) is 2.35. The van der Waals surface area contributed by atoms with E-state index in [9.17, 15) is 13.2 Å². The zero-order valence-electron chi connectivity index (χ0n) is 10.3. The van der Waals surface area contributed by atoms with Gasteiger partial charge in [-0.15, -0.1) is 0 Å². The van der Waals surface area contributed by atoms with Crippen LogP contribution in [-0.4, -0.2) is 29.2 Å². The van der Waals surface area contributed by atoms with Crippen LogP contribution in [0.5, 0.6) is 0 Å². The number of aromatic nitrogens is 2. The molecular formula is C12H13F3N4. The Kier molecular flexibility index (Phi) is 3.73. The molecule has 0 spiro atoms. The maximum atomic E-state index is 12.3. The molecule has 0 bridgehead atoms. The van der Waals surface area contributed by atoms with E-state index in [1.54, 1.807) is 24.3 Å². The van der Waals surface area contributed by atoms with Gasteiger partial charge in [0.05, 0.1) is 5.52 Å². The Balaban J connectivity index is 2.38. The molecule has 7 heteroatoms. The first kappa shape index (κ1) is 13.4. The van der Waals surface area contributed by atoms with Crippen LogP contribution in [0.2, 0.25) is 0 Å². The van der Waals surface area contributed by atoms with E-state index in [2.05, 4.69) is 20.6 Å². The van der Waals surface area contributed by atoms with Gasteiger partial charge >= 0.3 is 6.18 Å². The fraction of sp³-hybridized carbons (Fsp3) is 0.333. The Bertz CT molecular complexity index is 568. The van der Waals surface area contributed by atoms with Gasteiger partial charge in [0.15, 0.2) is 0 Å². The minimum absolute atomic E-state index is 0.180. The van der Waals surface area contributed by atoms with Gasteiger partial charge in [-0.3, -0.25) is 0 Å². The van der Waals surface area contributed by atoms with Crippen molar-refractivity contribution in [2.75, 3.05) is 23.7 Å². The largest absolute Gasteiger partial charge is 0.405 e. The molecule has 1 aromatic carbocycles. The Morgan fingerprint density at radius 3 is 2.53 bits per heavy atom. The molecular weight excluding hydrogens is 257 g/mol. The number of halogens is 3. The third kappa shape index (κ3) is 3.46. The van der Waals surface area contributed by atoms with Gasteiger partial charge < -0.3 is 10.6 Å². The molecule has 4 nitrogen and oxygen atoms in total. The van der Waals surface area contributed by atoms with Crippen molar-refractivity contribution in [2.45, 2.75) is 13.1 Å². The van der Waals surface area contributed by atoms with E-state index in [1.807, 2.05) is 6.92 Å². The quantitative estimate of drug-likeness (QED) is 0.896. The average molecular weight is 270 g/mol. The fourth-order valence-electron chi connectivity index (χ4n) is 1.63. The standard InChI is InChI=1S/C12H13F3N4/c1-2-16-11-18-9-6-4-3-5-8(9)10(19-11)17-7-12(13,14)15/h3-6H,2,7H2,1H3,(H2,16,17,18,19). The molecule has 0 amide bonds. The summed E-state index contributed by atoms with van der Waals surface area (Å²) in [7, 11) is 0. The lowest BCUT2D eigenvalue weighted by Crippen LogP contribution is -2.22. The van der Waals surface area contributed by atoms with Crippen LogP contribution >= 0.6 is 0 Å². The van der Waals surface area contributed by atoms with Crippen molar-refractivity contribution in [3.05, 3.63) is 24.3 Å². The second kappa shape index (κ2) is 5.29. The van der Waals surface area contributed by atoms with Crippen molar-refractivity contribution in [3.8, 4) is 0 Å². The van der Waals surface area contributed by atoms with Gasteiger partial charge in [-0.1, -0.05) is 12.1 Å². The van der Waals surface area contributed by atoms with E-state index in [0.29, 0.717) is 23.4 Å². The van der Waals surface area contributed by atoms with Gasteiger partial charge in [0.1, 0.15) is 12.4 Å². The van der Waals surface area contributed by atoms with Crippen molar-refractivity contribution >= 4 is 22.7 Å². The number of hydrogen-bond donors (Lipinski definition) is 2. The summed E-state index contributed by atoms with van der Waals surface area (Å²) in [6.45, 7) is 1.33. The molecule has 0 atom stereocenters. The number of nitrogens with zero attached hydrogens (tertiary/aromatic N) is 2. The first-order chi connectivity index (χ1) is 8.99. The molecule has 2 rings (SSSR count). The third-order valence-corrected chi connectivity index (χ3v) is 2.39. The van der Waals surface area contributed by atoms with Gasteiger partial charge in [0.25, 0.3) is 0 Å². The number of fused-ring (bicyclic) bond motifs is 1. The van der Waals surface area contributed by atoms with Crippen LogP contribution < -0.4 is 10.6 Å². The van der Waals surface area contributed by atoms with Gasteiger partial charge in [-0.25, -0.2) is 4.98 Å². The minimum atomic E-state index is -4.29. The summed E-state index contributed by atoms with van der Waals surface area (Å²) < 4.78 is 36.8. The number of rotatable bonds is 4. The monoisotopic (exact) mass is 270 g/mol. The number of nitrogens with one attached hydrogen (secondary N) is 2. The first-order valence-corrected chi connectivity index (χ1v) is 5.81. The summed E-state index contributed by atoms with van der Waals surface area (Å²) in [6, 6.07) is 6.93. The molecule has 2 aromatic rings. The normalized spacial score (nSPS) is 11.6. The van der Waals surface area contributed by atoms with Crippen molar-refractivity contribution in [2.24, 2.45) is 0 Å². The third-order valence-electron chi connectivity index (χ3n) is 2.39. The Labute approximate surface area is 108 Å². The SMILES string of the molecule is CCNc1nc(NCC(F)(F)F)c2ccccc2n1. The highest BCUT2D eigenvalue weighted by Crippen LogP contribution is 2.23. The lowest BCUT2D eigenvalue weighted by molar-refractivity contribution is -0.115. The predicted molar refractivity (Wildman–Crippen MR) is 68.2 cm³/mol. The summed E-state index contributed by atoms with van der Waals surface area (Å²) in [5, 5.41) is 5.77. The molecule has 0 aliphatic rings. The van der Waals surface area contributed by atoms with Crippen LogP contribution in [0.15, 0.2) is 24.3 Å². The smallest absolute Gasteiger partial charge is 0.360 e. The molecule has 2 N–H and O–H groups in total. The van der Waals surface area contributed by atoms with E-state index >= 15 is 0 Å². The molecule has 0 fully saturated rings. The summed E-state index contributed by atoms with van der Waals surface area (Å²) in [5.74, 6) is 0.491. The highest BCUT2D eigenvalue weighted by atomic mass is 19.4. The van der Waals surface area contributed by atoms with Gasteiger partial charge in [0.2, 0.25) is 5.95 Å². The number of anilines is 2. The number of alkyl halides is 3. The van der Waals surface area contributed by atoms with Gasteiger partial charge in [-0.2, -0.15) is 18.2 Å². The summed E-state index contributed by atoms with van der Waals surface area (Å²) in [6.07, 6.45) is -4.29. The molecule has 0 aliphatic heterocycles. The number of hydrogen-bond acceptors (Lipinski definition) is 4. The molecule has 0 aliphatic carbocycles. The zero-order chi connectivity index (χ0) is 13.9. The predicted octanol–water partition coefficient (Wildman–Crippen LogP) is 3.04. The molecule has 0 unspecified atom stereocenters. The topological polar surface area (TPSA) is 49.8 Å². The Morgan fingerprint density at radius 1 is 1.11 bits per heavy atom. The maximum absolute atomic E-state index is 12.3. The lowest BCUT2D eigenvalue weighted by Gasteiger charge is -2.12. The number of para-hydroxylation sites is 1. The molecule has 19 heavy (non-hydrogen) atoms. The molecule has 1 aromatic heterocycles. The van der Waals surface area contributed by atoms with Gasteiger partial charge in [0, 0.05) is 11.9 Å². The van der Waals surface area contributed by atoms with Crippen LogP contribution in [0.25, 0.3) is 10.9 Å². The maximum Gasteiger partial charge on any atom is 0.405 e. The van der Waals surface area contributed by atoms with E-state index in [1.165, 1.54) is 0 Å². The zero-order valence-corrected chi connectivity index (χ0v) is 10.3. The Morgan fingerprint density at radius 2 is 1.84 bits per heavy atom. The van der Waals surface area contributed by atoms with Crippen molar-refractivity contribution in [3.63, 3.8) is 0 Å². The first-order valence-electron chi connectivity index (χ1n) is 5.81. The highest BCUT2D eigenvalue weighted by Gasteiger charge is 2.27. The van der Waals surface area contributed by atoms with E-state index in [0.717, 1.165) is 0 Å². The second-order valence-corrected chi connectivity index (χ2v) is 3.91. The van der Waals surface area contributed by atoms with Crippen LogP contribution in [0, 0.1) is 0 Å². The fourth-order valence-corrected chi connectivity index (χ4v) is 1.63. The summed E-state index contributed by atoms with van der Waals surface area (Å²) >= 11 is 0. The molecule has 0 saturated carbocycles. The van der Waals surface area contributed by atoms with Crippen LogP contribution in [0.4, 0.5) is 24.9 Å². The molecule has 0 radical (unpaired) electrons. The van der Waals surface area contributed by atoms with E-state index < -0.39 is 12.7 Å². The van der Waals surface area contributed by atoms with E-state index in [-0.39, 0.29) is 5.82 Å². The molecule has 102 valence electrons. The lowest BCUT2D eigenvalue weighted by atomic mass is 10.2. The minimum Gasteiger partial charge on any atom is -0.360 e.